The molecular weight excluding hydrogens is 224 g/mol. The van der Waals surface area contributed by atoms with Crippen molar-refractivity contribution in [2.75, 3.05) is 13.1 Å². The van der Waals surface area contributed by atoms with Crippen LogP contribution in [0.3, 0.4) is 0 Å². The maximum absolute atomic E-state index is 12.6. The molecule has 1 aromatic rings. The molecule has 1 fully saturated rings. The van der Waals surface area contributed by atoms with Crippen LogP contribution in [-0.4, -0.2) is 23.9 Å². The van der Waals surface area contributed by atoms with E-state index in [-0.39, 0.29) is 5.91 Å². The molecule has 1 radical (unpaired) electrons. The third-order valence-electron chi connectivity index (χ3n) is 3.71. The number of hydrogen-bond donors (Lipinski definition) is 1. The van der Waals surface area contributed by atoms with E-state index in [2.05, 4.69) is 6.92 Å². The van der Waals surface area contributed by atoms with Gasteiger partial charge in [0.2, 0.25) is 5.91 Å². The number of piperidine rings is 1. The lowest BCUT2D eigenvalue weighted by Gasteiger charge is -2.36. The van der Waals surface area contributed by atoms with Gasteiger partial charge in [0.25, 0.3) is 0 Å². The van der Waals surface area contributed by atoms with Crippen molar-refractivity contribution in [1.29, 1.82) is 0 Å². The molecule has 1 aromatic carbocycles. The Balaban J connectivity index is 2.23. The molecule has 2 N–H and O–H groups in total. The highest BCUT2D eigenvalue weighted by Gasteiger charge is 2.37. The summed E-state index contributed by atoms with van der Waals surface area (Å²) >= 11 is 0. The highest BCUT2D eigenvalue weighted by Crippen LogP contribution is 2.26. The Morgan fingerprint density at radius 1 is 1.22 bits per heavy atom. The number of amides is 1. The third kappa shape index (κ3) is 2.41. The minimum absolute atomic E-state index is 0.0170. The Hall–Kier alpha value is -1.35. The van der Waals surface area contributed by atoms with Crippen molar-refractivity contribution in [2.45, 2.75) is 31.2 Å². The van der Waals surface area contributed by atoms with Gasteiger partial charge in [-0.05, 0) is 31.2 Å². The van der Waals surface area contributed by atoms with Crippen LogP contribution in [0.1, 0.15) is 31.2 Å². The Bertz CT molecular complexity index is 398. The van der Waals surface area contributed by atoms with Gasteiger partial charge >= 0.3 is 0 Å². The standard InChI is InChI=1S/C15H21N2O/c1-2-15(16,13-9-5-3-6-10-13)14(18)17-11-7-4-8-12-17/h3,5-6,9-10H,1-2,4,7-8,11-12,16H2. The molecule has 0 saturated carbocycles. The molecule has 3 heteroatoms. The van der Waals surface area contributed by atoms with E-state index in [1.165, 1.54) is 6.42 Å². The first kappa shape index (κ1) is 13.1. The van der Waals surface area contributed by atoms with E-state index in [0.29, 0.717) is 6.42 Å². The highest BCUT2D eigenvalue weighted by atomic mass is 16.2. The average molecular weight is 245 g/mol. The largest absolute Gasteiger partial charge is 0.341 e. The normalized spacial score (nSPS) is 19.3. The summed E-state index contributed by atoms with van der Waals surface area (Å²) < 4.78 is 0. The van der Waals surface area contributed by atoms with Gasteiger partial charge in [-0.25, -0.2) is 0 Å². The van der Waals surface area contributed by atoms with E-state index in [9.17, 15) is 4.79 Å². The molecule has 3 nitrogen and oxygen atoms in total. The van der Waals surface area contributed by atoms with Crippen LogP contribution < -0.4 is 5.73 Å². The van der Waals surface area contributed by atoms with Gasteiger partial charge < -0.3 is 10.6 Å². The van der Waals surface area contributed by atoms with Crippen molar-refractivity contribution in [3.8, 4) is 0 Å². The molecule has 2 rings (SSSR count). The van der Waals surface area contributed by atoms with Crippen LogP contribution >= 0.6 is 0 Å². The summed E-state index contributed by atoms with van der Waals surface area (Å²) in [6, 6.07) is 9.57. The topological polar surface area (TPSA) is 46.3 Å². The van der Waals surface area contributed by atoms with Gasteiger partial charge in [-0.3, -0.25) is 4.79 Å². The first-order valence-electron chi connectivity index (χ1n) is 6.61. The molecular formula is C15H21N2O. The minimum Gasteiger partial charge on any atom is -0.341 e. The van der Waals surface area contributed by atoms with Crippen LogP contribution in [0.4, 0.5) is 0 Å². The van der Waals surface area contributed by atoms with Crippen molar-refractivity contribution >= 4 is 5.91 Å². The molecule has 1 saturated heterocycles. The number of likely N-dealkylation sites (tertiary alicyclic amines) is 1. The number of nitrogens with two attached hydrogens (primary N) is 1. The lowest BCUT2D eigenvalue weighted by Crippen LogP contribution is -2.53. The third-order valence-corrected chi connectivity index (χ3v) is 3.71. The smallest absolute Gasteiger partial charge is 0.247 e. The molecule has 1 atom stereocenters. The van der Waals surface area contributed by atoms with Crippen LogP contribution in [-0.2, 0) is 10.3 Å². The Labute approximate surface area is 109 Å². The van der Waals surface area contributed by atoms with Gasteiger partial charge in [0, 0.05) is 13.1 Å². The SMILES string of the molecule is [CH2]CC(N)(C(=O)N1CCCCC1)c1ccccc1. The summed E-state index contributed by atoms with van der Waals surface area (Å²) in [4.78, 5) is 14.5. The molecule has 1 aliphatic rings. The van der Waals surface area contributed by atoms with Crippen molar-refractivity contribution < 1.29 is 4.79 Å². The number of benzene rings is 1. The van der Waals surface area contributed by atoms with E-state index in [1.807, 2.05) is 35.2 Å². The Morgan fingerprint density at radius 3 is 2.39 bits per heavy atom. The maximum atomic E-state index is 12.6. The summed E-state index contributed by atoms with van der Waals surface area (Å²) in [5, 5.41) is 0. The van der Waals surface area contributed by atoms with E-state index < -0.39 is 5.54 Å². The molecule has 1 unspecified atom stereocenters. The fraction of sp³-hybridized carbons (Fsp3) is 0.467. The van der Waals surface area contributed by atoms with Crippen molar-refractivity contribution in [2.24, 2.45) is 5.73 Å². The van der Waals surface area contributed by atoms with Gasteiger partial charge in [-0.2, -0.15) is 0 Å². The highest BCUT2D eigenvalue weighted by molar-refractivity contribution is 5.87. The van der Waals surface area contributed by atoms with Gasteiger partial charge in [0.15, 0.2) is 0 Å². The van der Waals surface area contributed by atoms with Crippen LogP contribution in [0.25, 0.3) is 0 Å². The lowest BCUT2D eigenvalue weighted by molar-refractivity contribution is -0.138. The zero-order valence-electron chi connectivity index (χ0n) is 10.8. The maximum Gasteiger partial charge on any atom is 0.247 e. The first-order chi connectivity index (χ1) is 8.68. The fourth-order valence-electron chi connectivity index (χ4n) is 2.49. The molecule has 0 bridgehead atoms. The number of nitrogens with zero attached hydrogens (tertiary/aromatic N) is 1. The number of carbonyl (C=O) groups excluding carboxylic acids is 1. The van der Waals surface area contributed by atoms with E-state index in [4.69, 9.17) is 5.73 Å². The molecule has 0 spiro atoms. The fourth-order valence-corrected chi connectivity index (χ4v) is 2.49. The Morgan fingerprint density at radius 2 is 1.83 bits per heavy atom. The minimum atomic E-state index is -0.974. The molecule has 0 aliphatic carbocycles. The number of hydrogen-bond acceptors (Lipinski definition) is 2. The summed E-state index contributed by atoms with van der Waals surface area (Å²) in [7, 11) is 0. The van der Waals surface area contributed by atoms with Crippen LogP contribution in [0, 0.1) is 6.92 Å². The number of carbonyl (C=O) groups is 1. The summed E-state index contributed by atoms with van der Waals surface area (Å²) in [5.41, 5.74) is 6.22. The predicted octanol–water partition coefficient (Wildman–Crippen LogP) is 2.08. The molecule has 97 valence electrons. The zero-order valence-corrected chi connectivity index (χ0v) is 10.8. The second kappa shape index (κ2) is 5.53. The monoisotopic (exact) mass is 245 g/mol. The average Bonchev–Trinajstić information content (AvgIpc) is 2.47. The molecule has 1 heterocycles. The van der Waals surface area contributed by atoms with Crippen molar-refractivity contribution in [3.63, 3.8) is 0 Å². The van der Waals surface area contributed by atoms with Crippen LogP contribution in [0.2, 0.25) is 0 Å². The number of rotatable bonds is 3. The second-order valence-corrected chi connectivity index (χ2v) is 4.94. The zero-order chi connectivity index (χ0) is 13.0. The van der Waals surface area contributed by atoms with Gasteiger partial charge in [-0.15, -0.1) is 0 Å². The quantitative estimate of drug-likeness (QED) is 0.886. The van der Waals surface area contributed by atoms with Crippen molar-refractivity contribution in [3.05, 3.63) is 42.8 Å². The molecule has 1 amide bonds. The molecule has 18 heavy (non-hydrogen) atoms. The predicted molar refractivity (Wildman–Crippen MR) is 72.7 cm³/mol. The summed E-state index contributed by atoms with van der Waals surface area (Å²) in [6.07, 6.45) is 3.74. The molecule has 1 aliphatic heterocycles. The summed E-state index contributed by atoms with van der Waals surface area (Å²) in [5.74, 6) is 0.0170. The second-order valence-electron chi connectivity index (χ2n) is 4.94. The van der Waals surface area contributed by atoms with Gasteiger partial charge in [0.1, 0.15) is 5.54 Å². The van der Waals surface area contributed by atoms with E-state index >= 15 is 0 Å². The Kier molecular flexibility index (Phi) is 4.02. The molecule has 0 aromatic heterocycles. The lowest BCUT2D eigenvalue weighted by atomic mass is 9.86. The van der Waals surface area contributed by atoms with Gasteiger partial charge in [0.05, 0.1) is 0 Å². The summed E-state index contributed by atoms with van der Waals surface area (Å²) in [6.45, 7) is 5.53. The first-order valence-corrected chi connectivity index (χ1v) is 6.61. The van der Waals surface area contributed by atoms with E-state index in [0.717, 1.165) is 31.5 Å². The van der Waals surface area contributed by atoms with Gasteiger partial charge in [-0.1, -0.05) is 37.3 Å². The van der Waals surface area contributed by atoms with Crippen LogP contribution in [0.5, 0.6) is 0 Å². The van der Waals surface area contributed by atoms with E-state index in [1.54, 1.807) is 0 Å². The van der Waals surface area contributed by atoms with Crippen molar-refractivity contribution in [1.82, 2.24) is 4.90 Å². The van der Waals surface area contributed by atoms with Crippen LogP contribution in [0.15, 0.2) is 30.3 Å².